The molecule has 0 bridgehead atoms. The number of hydrogen-bond donors (Lipinski definition) is 1. The lowest BCUT2D eigenvalue weighted by Gasteiger charge is -2.35. The lowest BCUT2D eigenvalue weighted by molar-refractivity contribution is -0.140. The lowest BCUT2D eigenvalue weighted by Crippen LogP contribution is -2.50. The van der Waals surface area contributed by atoms with Crippen molar-refractivity contribution in [2.24, 2.45) is 5.92 Å². The Hall–Kier alpha value is -2.63. The van der Waals surface area contributed by atoms with Gasteiger partial charge in [-0.25, -0.2) is 4.68 Å². The molecule has 0 spiro atoms. The number of anilines is 1. The first-order chi connectivity index (χ1) is 13.8. The van der Waals surface area contributed by atoms with Crippen LogP contribution in [0.1, 0.15) is 57.3 Å². The average molecular weight is 397 g/mol. The van der Waals surface area contributed by atoms with Crippen molar-refractivity contribution in [1.82, 2.24) is 14.7 Å². The Balaban J connectivity index is 1.66. The summed E-state index contributed by atoms with van der Waals surface area (Å²) in [6, 6.07) is 9.32. The molecule has 1 atom stereocenters. The SMILES string of the molecule is Cc1cc(C)n(-c2ccc(NC(=O)[C@@H]3CCCCN3C(=O)CCC(C)C)cc2)n1. The number of carbonyl (C=O) groups is 2. The van der Waals surface area contributed by atoms with E-state index in [-0.39, 0.29) is 17.9 Å². The van der Waals surface area contributed by atoms with Crippen molar-refractivity contribution in [1.29, 1.82) is 0 Å². The molecule has 156 valence electrons. The third-order valence-corrected chi connectivity index (χ3v) is 5.45. The van der Waals surface area contributed by atoms with E-state index in [0.29, 0.717) is 18.9 Å². The molecule has 6 heteroatoms. The lowest BCUT2D eigenvalue weighted by atomic mass is 9.99. The smallest absolute Gasteiger partial charge is 0.247 e. The van der Waals surface area contributed by atoms with Crippen molar-refractivity contribution in [3.63, 3.8) is 0 Å². The second-order valence-electron chi connectivity index (χ2n) is 8.41. The second kappa shape index (κ2) is 9.25. The van der Waals surface area contributed by atoms with Crippen LogP contribution in [0.2, 0.25) is 0 Å². The summed E-state index contributed by atoms with van der Waals surface area (Å²) in [5.74, 6) is 0.483. The molecule has 0 saturated carbocycles. The van der Waals surface area contributed by atoms with Crippen LogP contribution in [0.4, 0.5) is 5.69 Å². The zero-order valence-electron chi connectivity index (χ0n) is 17.9. The van der Waals surface area contributed by atoms with Gasteiger partial charge >= 0.3 is 0 Å². The summed E-state index contributed by atoms with van der Waals surface area (Å²) in [5.41, 5.74) is 3.73. The van der Waals surface area contributed by atoms with Crippen molar-refractivity contribution in [2.45, 2.75) is 65.8 Å². The number of amides is 2. The Labute approximate surface area is 173 Å². The predicted octanol–water partition coefficient (Wildman–Crippen LogP) is 4.24. The molecule has 1 fully saturated rings. The highest BCUT2D eigenvalue weighted by Gasteiger charge is 2.31. The molecule has 2 heterocycles. The van der Waals surface area contributed by atoms with E-state index in [1.807, 2.05) is 48.9 Å². The Bertz CT molecular complexity index is 854. The van der Waals surface area contributed by atoms with Crippen molar-refractivity contribution >= 4 is 17.5 Å². The summed E-state index contributed by atoms with van der Waals surface area (Å²) in [5, 5.41) is 7.49. The molecule has 1 aliphatic rings. The van der Waals surface area contributed by atoms with E-state index in [2.05, 4.69) is 24.3 Å². The summed E-state index contributed by atoms with van der Waals surface area (Å²) in [4.78, 5) is 27.3. The maximum absolute atomic E-state index is 12.9. The molecule has 0 radical (unpaired) electrons. The maximum atomic E-state index is 12.9. The van der Waals surface area contributed by atoms with Gasteiger partial charge in [0.05, 0.1) is 11.4 Å². The summed E-state index contributed by atoms with van der Waals surface area (Å²) < 4.78 is 1.89. The number of benzene rings is 1. The predicted molar refractivity (Wildman–Crippen MR) is 115 cm³/mol. The molecule has 6 nitrogen and oxygen atoms in total. The molecule has 0 unspecified atom stereocenters. The highest BCUT2D eigenvalue weighted by molar-refractivity contribution is 5.97. The molecule has 2 amide bonds. The van der Waals surface area contributed by atoms with Gasteiger partial charge in [0.15, 0.2) is 0 Å². The standard InChI is InChI=1S/C23H32N4O2/c1-16(2)8-13-22(28)26-14-6-5-7-21(26)23(29)24-19-9-11-20(12-10-19)27-18(4)15-17(3)25-27/h9-12,15-16,21H,5-8,13-14H2,1-4H3,(H,24,29)/t21-/m0/s1. The molecule has 29 heavy (non-hydrogen) atoms. The van der Waals surface area contributed by atoms with E-state index in [1.54, 1.807) is 4.90 Å². The molecule has 1 saturated heterocycles. The third-order valence-electron chi connectivity index (χ3n) is 5.45. The van der Waals surface area contributed by atoms with E-state index in [4.69, 9.17) is 0 Å². The largest absolute Gasteiger partial charge is 0.331 e. The van der Waals surface area contributed by atoms with Crippen LogP contribution in [0, 0.1) is 19.8 Å². The van der Waals surface area contributed by atoms with Crippen LogP contribution in [0.25, 0.3) is 5.69 Å². The highest BCUT2D eigenvalue weighted by Crippen LogP contribution is 2.22. The highest BCUT2D eigenvalue weighted by atomic mass is 16.2. The molecular weight excluding hydrogens is 364 g/mol. The van der Waals surface area contributed by atoms with Gasteiger partial charge in [-0.05, 0) is 75.8 Å². The Morgan fingerprint density at radius 1 is 1.17 bits per heavy atom. The maximum Gasteiger partial charge on any atom is 0.247 e. The molecule has 1 aromatic heterocycles. The summed E-state index contributed by atoms with van der Waals surface area (Å²) in [7, 11) is 0. The summed E-state index contributed by atoms with van der Waals surface area (Å²) in [6.07, 6.45) is 4.04. The van der Waals surface area contributed by atoms with Crippen LogP contribution in [-0.4, -0.2) is 39.1 Å². The number of likely N-dealkylation sites (tertiary alicyclic amines) is 1. The summed E-state index contributed by atoms with van der Waals surface area (Å²) in [6.45, 7) is 8.89. The van der Waals surface area contributed by atoms with Crippen LogP contribution < -0.4 is 5.32 Å². The number of aryl methyl sites for hydroxylation is 2. The fourth-order valence-electron chi connectivity index (χ4n) is 3.86. The fourth-order valence-corrected chi connectivity index (χ4v) is 3.86. The Morgan fingerprint density at radius 2 is 1.90 bits per heavy atom. The van der Waals surface area contributed by atoms with Gasteiger partial charge < -0.3 is 10.2 Å². The van der Waals surface area contributed by atoms with E-state index in [9.17, 15) is 9.59 Å². The van der Waals surface area contributed by atoms with Gasteiger partial charge in [-0.2, -0.15) is 5.10 Å². The second-order valence-corrected chi connectivity index (χ2v) is 8.41. The number of piperidine rings is 1. The molecule has 1 aromatic carbocycles. The fraction of sp³-hybridized carbons (Fsp3) is 0.522. The molecule has 0 aliphatic carbocycles. The number of rotatable bonds is 6. The van der Waals surface area contributed by atoms with E-state index >= 15 is 0 Å². The minimum atomic E-state index is -0.376. The normalized spacial score (nSPS) is 16.9. The minimum Gasteiger partial charge on any atom is -0.331 e. The van der Waals surface area contributed by atoms with E-state index in [0.717, 1.165) is 48.4 Å². The Morgan fingerprint density at radius 3 is 2.52 bits per heavy atom. The zero-order valence-corrected chi connectivity index (χ0v) is 17.9. The van der Waals surface area contributed by atoms with Gasteiger partial charge in [-0.1, -0.05) is 13.8 Å². The minimum absolute atomic E-state index is 0.0958. The van der Waals surface area contributed by atoms with Gasteiger partial charge in [-0.3, -0.25) is 9.59 Å². The average Bonchev–Trinajstić information content (AvgIpc) is 3.04. The van der Waals surface area contributed by atoms with Crippen LogP contribution in [0.15, 0.2) is 30.3 Å². The van der Waals surface area contributed by atoms with Crippen LogP contribution in [0.3, 0.4) is 0 Å². The number of nitrogens with one attached hydrogen (secondary N) is 1. The quantitative estimate of drug-likeness (QED) is 0.794. The number of carbonyl (C=O) groups excluding carboxylic acids is 2. The molecule has 1 N–H and O–H groups in total. The molecule has 3 rings (SSSR count). The van der Waals surface area contributed by atoms with Gasteiger partial charge in [0.2, 0.25) is 11.8 Å². The van der Waals surface area contributed by atoms with Gasteiger partial charge in [0.1, 0.15) is 6.04 Å². The van der Waals surface area contributed by atoms with Crippen LogP contribution in [0.5, 0.6) is 0 Å². The number of hydrogen-bond acceptors (Lipinski definition) is 3. The van der Waals surface area contributed by atoms with Gasteiger partial charge in [0, 0.05) is 24.3 Å². The zero-order chi connectivity index (χ0) is 21.0. The van der Waals surface area contributed by atoms with Crippen LogP contribution >= 0.6 is 0 Å². The first-order valence-corrected chi connectivity index (χ1v) is 10.6. The molecular formula is C23H32N4O2. The monoisotopic (exact) mass is 396 g/mol. The molecule has 1 aliphatic heterocycles. The van der Waals surface area contributed by atoms with Gasteiger partial charge in [-0.15, -0.1) is 0 Å². The first-order valence-electron chi connectivity index (χ1n) is 10.6. The molecule has 2 aromatic rings. The van der Waals surface area contributed by atoms with Crippen LogP contribution in [-0.2, 0) is 9.59 Å². The van der Waals surface area contributed by atoms with Crippen molar-refractivity contribution in [3.05, 3.63) is 41.7 Å². The first kappa shape index (κ1) is 21.1. The van der Waals surface area contributed by atoms with E-state index < -0.39 is 0 Å². The Kier molecular flexibility index (Phi) is 6.72. The van der Waals surface area contributed by atoms with Crippen molar-refractivity contribution < 1.29 is 9.59 Å². The summed E-state index contributed by atoms with van der Waals surface area (Å²) >= 11 is 0. The number of aromatic nitrogens is 2. The van der Waals surface area contributed by atoms with Crippen molar-refractivity contribution in [3.8, 4) is 5.69 Å². The van der Waals surface area contributed by atoms with Crippen molar-refractivity contribution in [2.75, 3.05) is 11.9 Å². The topological polar surface area (TPSA) is 67.2 Å². The van der Waals surface area contributed by atoms with E-state index in [1.165, 1.54) is 0 Å². The van der Waals surface area contributed by atoms with Gasteiger partial charge in [0.25, 0.3) is 0 Å². The third kappa shape index (κ3) is 5.25. The number of nitrogens with zero attached hydrogens (tertiary/aromatic N) is 3.